The van der Waals surface area contributed by atoms with Crippen molar-refractivity contribution in [2.24, 2.45) is 0 Å². The van der Waals surface area contributed by atoms with Gasteiger partial charge in [0, 0.05) is 30.9 Å². The molecule has 20 heavy (non-hydrogen) atoms. The predicted octanol–water partition coefficient (Wildman–Crippen LogP) is 2.85. The van der Waals surface area contributed by atoms with Gasteiger partial charge >= 0.3 is 0 Å². The number of benzene rings is 1. The van der Waals surface area contributed by atoms with Gasteiger partial charge in [-0.2, -0.15) is 0 Å². The standard InChI is InChI=1S/C17H22N2O/c1-14-8-9-15(2)19(14)13-11-17(20)18-12-10-16-6-4-3-5-7-16/h3-9H,10-13H2,1-2H3,(H,18,20). The molecule has 0 bridgehead atoms. The Hall–Kier alpha value is -2.03. The highest BCUT2D eigenvalue weighted by atomic mass is 16.1. The molecule has 2 rings (SSSR count). The third-order valence-corrected chi connectivity index (χ3v) is 3.56. The van der Waals surface area contributed by atoms with Crippen LogP contribution in [0.2, 0.25) is 0 Å². The van der Waals surface area contributed by atoms with Gasteiger partial charge in [0.1, 0.15) is 0 Å². The summed E-state index contributed by atoms with van der Waals surface area (Å²) in [5.41, 5.74) is 3.67. The van der Waals surface area contributed by atoms with Crippen molar-refractivity contribution in [3.63, 3.8) is 0 Å². The van der Waals surface area contributed by atoms with E-state index in [-0.39, 0.29) is 5.91 Å². The lowest BCUT2D eigenvalue weighted by molar-refractivity contribution is -0.121. The van der Waals surface area contributed by atoms with E-state index in [1.165, 1.54) is 17.0 Å². The summed E-state index contributed by atoms with van der Waals surface area (Å²) in [5, 5.41) is 2.98. The molecular weight excluding hydrogens is 248 g/mol. The molecule has 1 amide bonds. The van der Waals surface area contributed by atoms with Crippen LogP contribution in [0.4, 0.5) is 0 Å². The van der Waals surface area contributed by atoms with E-state index < -0.39 is 0 Å². The molecule has 0 saturated heterocycles. The van der Waals surface area contributed by atoms with E-state index in [0.717, 1.165) is 13.0 Å². The molecule has 1 aromatic carbocycles. The second-order valence-electron chi connectivity index (χ2n) is 5.10. The van der Waals surface area contributed by atoms with Gasteiger partial charge in [-0.15, -0.1) is 0 Å². The monoisotopic (exact) mass is 270 g/mol. The summed E-state index contributed by atoms with van der Waals surface area (Å²) in [4.78, 5) is 11.8. The average Bonchev–Trinajstić information content (AvgIpc) is 2.77. The molecule has 0 radical (unpaired) electrons. The summed E-state index contributed by atoms with van der Waals surface area (Å²) in [5.74, 6) is 0.119. The Morgan fingerprint density at radius 2 is 1.70 bits per heavy atom. The number of hydrogen-bond donors (Lipinski definition) is 1. The zero-order chi connectivity index (χ0) is 14.4. The number of carbonyl (C=O) groups excluding carboxylic acids is 1. The van der Waals surface area contributed by atoms with E-state index in [1.54, 1.807) is 0 Å². The second-order valence-corrected chi connectivity index (χ2v) is 5.10. The molecule has 1 aromatic heterocycles. The first-order valence-electron chi connectivity index (χ1n) is 7.10. The third-order valence-electron chi connectivity index (χ3n) is 3.56. The fraction of sp³-hybridized carbons (Fsp3) is 0.353. The minimum atomic E-state index is 0.119. The lowest BCUT2D eigenvalue weighted by Crippen LogP contribution is -2.26. The van der Waals surface area contributed by atoms with Gasteiger partial charge < -0.3 is 9.88 Å². The molecule has 0 atom stereocenters. The largest absolute Gasteiger partial charge is 0.356 e. The van der Waals surface area contributed by atoms with Gasteiger partial charge in [0.15, 0.2) is 0 Å². The molecule has 1 N–H and O–H groups in total. The average molecular weight is 270 g/mol. The lowest BCUT2D eigenvalue weighted by atomic mass is 10.1. The first-order chi connectivity index (χ1) is 9.66. The summed E-state index contributed by atoms with van der Waals surface area (Å²) in [7, 11) is 0. The van der Waals surface area contributed by atoms with Crippen LogP contribution < -0.4 is 5.32 Å². The summed E-state index contributed by atoms with van der Waals surface area (Å²) in [6, 6.07) is 14.4. The number of amides is 1. The molecular formula is C17H22N2O. The van der Waals surface area contributed by atoms with Crippen LogP contribution >= 0.6 is 0 Å². The number of nitrogens with zero attached hydrogens (tertiary/aromatic N) is 1. The van der Waals surface area contributed by atoms with Gasteiger partial charge in [0.2, 0.25) is 5.91 Å². The molecule has 0 fully saturated rings. The summed E-state index contributed by atoms with van der Waals surface area (Å²) in [6.45, 7) is 5.59. The van der Waals surface area contributed by atoms with Crippen molar-refractivity contribution in [2.45, 2.75) is 33.2 Å². The van der Waals surface area contributed by atoms with E-state index in [0.29, 0.717) is 13.0 Å². The smallest absolute Gasteiger partial charge is 0.221 e. The number of rotatable bonds is 6. The number of nitrogens with one attached hydrogen (secondary N) is 1. The van der Waals surface area contributed by atoms with E-state index >= 15 is 0 Å². The molecule has 3 heteroatoms. The number of carbonyl (C=O) groups is 1. The van der Waals surface area contributed by atoms with Gasteiger partial charge in [-0.05, 0) is 38.0 Å². The molecule has 106 valence electrons. The van der Waals surface area contributed by atoms with Crippen LogP contribution in [0, 0.1) is 13.8 Å². The molecule has 0 saturated carbocycles. The van der Waals surface area contributed by atoms with Crippen molar-refractivity contribution >= 4 is 5.91 Å². The van der Waals surface area contributed by atoms with Crippen LogP contribution in [-0.2, 0) is 17.8 Å². The summed E-state index contributed by atoms with van der Waals surface area (Å²) < 4.78 is 2.18. The Labute approximate surface area is 120 Å². The highest BCUT2D eigenvalue weighted by molar-refractivity contribution is 5.75. The van der Waals surface area contributed by atoms with Crippen LogP contribution in [0.15, 0.2) is 42.5 Å². The SMILES string of the molecule is Cc1ccc(C)n1CCC(=O)NCCc1ccccc1. The van der Waals surface area contributed by atoms with Gasteiger partial charge in [0.25, 0.3) is 0 Å². The fourth-order valence-corrected chi connectivity index (χ4v) is 2.34. The van der Waals surface area contributed by atoms with Crippen LogP contribution in [-0.4, -0.2) is 17.0 Å². The van der Waals surface area contributed by atoms with Crippen molar-refractivity contribution in [3.8, 4) is 0 Å². The van der Waals surface area contributed by atoms with Crippen molar-refractivity contribution in [3.05, 3.63) is 59.4 Å². The summed E-state index contributed by atoms with van der Waals surface area (Å²) in [6.07, 6.45) is 1.42. The number of aryl methyl sites for hydroxylation is 2. The van der Waals surface area contributed by atoms with Crippen molar-refractivity contribution in [1.82, 2.24) is 9.88 Å². The third kappa shape index (κ3) is 3.98. The molecule has 1 heterocycles. The zero-order valence-corrected chi connectivity index (χ0v) is 12.2. The Bertz CT molecular complexity index is 538. The normalized spacial score (nSPS) is 10.5. The molecule has 0 aliphatic heterocycles. The van der Waals surface area contributed by atoms with E-state index in [4.69, 9.17) is 0 Å². The predicted molar refractivity (Wildman–Crippen MR) is 81.7 cm³/mol. The Balaban J connectivity index is 1.71. The Morgan fingerprint density at radius 3 is 2.35 bits per heavy atom. The topological polar surface area (TPSA) is 34.0 Å². The first kappa shape index (κ1) is 14.4. The minimum absolute atomic E-state index is 0.119. The minimum Gasteiger partial charge on any atom is -0.356 e. The van der Waals surface area contributed by atoms with Gasteiger partial charge in [0.05, 0.1) is 0 Å². The van der Waals surface area contributed by atoms with Crippen molar-refractivity contribution in [2.75, 3.05) is 6.54 Å². The molecule has 0 spiro atoms. The quantitative estimate of drug-likeness (QED) is 0.860. The second kappa shape index (κ2) is 6.94. The van der Waals surface area contributed by atoms with Crippen molar-refractivity contribution < 1.29 is 4.79 Å². The van der Waals surface area contributed by atoms with Crippen LogP contribution in [0.3, 0.4) is 0 Å². The maximum atomic E-state index is 11.8. The fourth-order valence-electron chi connectivity index (χ4n) is 2.34. The molecule has 0 unspecified atom stereocenters. The zero-order valence-electron chi connectivity index (χ0n) is 12.2. The number of aromatic nitrogens is 1. The van der Waals surface area contributed by atoms with Crippen molar-refractivity contribution in [1.29, 1.82) is 0 Å². The van der Waals surface area contributed by atoms with E-state index in [2.05, 4.69) is 48.0 Å². The highest BCUT2D eigenvalue weighted by Crippen LogP contribution is 2.07. The molecule has 0 aliphatic carbocycles. The van der Waals surface area contributed by atoms with Crippen LogP contribution in [0.1, 0.15) is 23.4 Å². The van der Waals surface area contributed by atoms with E-state index in [1.807, 2.05) is 18.2 Å². The van der Waals surface area contributed by atoms with Gasteiger partial charge in [-0.3, -0.25) is 4.79 Å². The summed E-state index contributed by atoms with van der Waals surface area (Å²) >= 11 is 0. The molecule has 3 nitrogen and oxygen atoms in total. The van der Waals surface area contributed by atoms with Crippen LogP contribution in [0.5, 0.6) is 0 Å². The van der Waals surface area contributed by atoms with Crippen LogP contribution in [0.25, 0.3) is 0 Å². The maximum Gasteiger partial charge on any atom is 0.221 e. The lowest BCUT2D eigenvalue weighted by Gasteiger charge is -2.09. The van der Waals surface area contributed by atoms with Gasteiger partial charge in [-0.25, -0.2) is 0 Å². The van der Waals surface area contributed by atoms with Gasteiger partial charge in [-0.1, -0.05) is 30.3 Å². The number of hydrogen-bond acceptors (Lipinski definition) is 1. The highest BCUT2D eigenvalue weighted by Gasteiger charge is 2.05. The Kier molecular flexibility index (Phi) is 4.99. The maximum absolute atomic E-state index is 11.8. The molecule has 2 aromatic rings. The first-order valence-corrected chi connectivity index (χ1v) is 7.10. The molecule has 0 aliphatic rings. The van der Waals surface area contributed by atoms with E-state index in [9.17, 15) is 4.79 Å². The Morgan fingerprint density at radius 1 is 1.05 bits per heavy atom.